The van der Waals surface area contributed by atoms with Gasteiger partial charge >= 0.3 is 0 Å². The zero-order valence-corrected chi connectivity index (χ0v) is 5.92. The summed E-state index contributed by atoms with van der Waals surface area (Å²) in [5.41, 5.74) is 0. The Morgan fingerprint density at radius 3 is 2.78 bits per heavy atom. The Bertz CT molecular complexity index is 130. The summed E-state index contributed by atoms with van der Waals surface area (Å²) < 4.78 is 2.31. The van der Waals surface area contributed by atoms with E-state index in [0.29, 0.717) is 0 Å². The summed E-state index contributed by atoms with van der Waals surface area (Å²) in [6, 6.07) is 0. The van der Waals surface area contributed by atoms with Crippen molar-refractivity contribution in [2.45, 2.75) is 6.35 Å². The molecule has 1 heterocycles. The molecular weight excluding hydrogens is 165 g/mol. The molecule has 6 heteroatoms. The summed E-state index contributed by atoms with van der Waals surface area (Å²) in [6.07, 6.45) is 0.340. The van der Waals surface area contributed by atoms with Gasteiger partial charge in [0.25, 0.3) is 0 Å². The summed E-state index contributed by atoms with van der Waals surface area (Å²) in [5, 5.41) is 8.81. The molecule has 0 radical (unpaired) electrons. The zero-order valence-electron chi connectivity index (χ0n) is 4.41. The minimum absolute atomic E-state index is 0.258. The molecule has 0 aromatic heterocycles. The molecule has 1 N–H and O–H groups in total. The second kappa shape index (κ2) is 2.70. The van der Waals surface area contributed by atoms with Gasteiger partial charge in [-0.1, -0.05) is 0 Å². The lowest BCUT2D eigenvalue weighted by molar-refractivity contribution is 0.0530. The second-order valence-electron chi connectivity index (χ2n) is 1.55. The third-order valence-electron chi connectivity index (χ3n) is 0.846. The first kappa shape index (κ1) is 7.08. The number of hydrogen-bond donors (Lipinski definition) is 1. The lowest BCUT2D eigenvalue weighted by atomic mass is 10.8. The summed E-state index contributed by atoms with van der Waals surface area (Å²) in [6.45, 7) is 0.258. The predicted molar refractivity (Wildman–Crippen MR) is 34.7 cm³/mol. The maximum absolute atomic E-state index is 8.81. The Morgan fingerprint density at radius 1 is 1.67 bits per heavy atom. The van der Waals surface area contributed by atoms with Crippen LogP contribution in [-0.4, -0.2) is 33.3 Å². The fourth-order valence-electron chi connectivity index (χ4n) is 0.443. The third kappa shape index (κ3) is 1.69. The van der Waals surface area contributed by atoms with E-state index in [-0.39, 0.29) is 6.67 Å². The maximum Gasteiger partial charge on any atom is 0.220 e. The summed E-state index contributed by atoms with van der Waals surface area (Å²) in [5.74, 6) is 0. The topological polar surface area (TPSA) is 39.1 Å². The van der Waals surface area contributed by atoms with Crippen LogP contribution < -0.4 is 0 Å². The van der Waals surface area contributed by atoms with Crippen molar-refractivity contribution < 1.29 is 5.11 Å². The molecule has 0 amide bonds. The average Bonchev–Trinajstić information content (AvgIpc) is 1.80. The SMILES string of the molecule is OC1N=CN(Cl)CN1Cl. The van der Waals surface area contributed by atoms with Crippen molar-refractivity contribution in [2.24, 2.45) is 4.99 Å². The van der Waals surface area contributed by atoms with Crippen molar-refractivity contribution in [3.8, 4) is 0 Å². The molecule has 0 aliphatic carbocycles. The van der Waals surface area contributed by atoms with E-state index in [1.807, 2.05) is 0 Å². The highest BCUT2D eigenvalue weighted by atomic mass is 35.5. The van der Waals surface area contributed by atoms with Crippen LogP contribution in [0.25, 0.3) is 0 Å². The molecule has 4 nitrogen and oxygen atoms in total. The average molecular weight is 170 g/mol. The molecule has 0 aromatic rings. The Labute approximate surface area is 62.5 Å². The van der Waals surface area contributed by atoms with E-state index in [2.05, 4.69) is 4.99 Å². The van der Waals surface area contributed by atoms with E-state index in [1.54, 1.807) is 0 Å². The largest absolute Gasteiger partial charge is 0.358 e. The molecule has 1 aliphatic rings. The number of halogens is 2. The molecule has 0 bridgehead atoms. The van der Waals surface area contributed by atoms with Gasteiger partial charge in [0.2, 0.25) is 6.35 Å². The van der Waals surface area contributed by atoms with Gasteiger partial charge in [-0.2, -0.15) is 4.42 Å². The highest BCUT2D eigenvalue weighted by molar-refractivity contribution is 6.20. The van der Waals surface area contributed by atoms with Crippen LogP contribution in [0.4, 0.5) is 0 Å². The molecule has 1 rings (SSSR count). The molecule has 9 heavy (non-hydrogen) atoms. The molecular formula is C3H5Cl2N3O. The molecule has 1 atom stereocenters. The predicted octanol–water partition coefficient (Wildman–Crippen LogP) is 0.173. The molecule has 52 valence electrons. The summed E-state index contributed by atoms with van der Waals surface area (Å²) in [4.78, 5) is 3.51. The van der Waals surface area contributed by atoms with Crippen LogP contribution in [0.15, 0.2) is 4.99 Å². The normalized spacial score (nSPS) is 29.2. The monoisotopic (exact) mass is 169 g/mol. The van der Waals surface area contributed by atoms with Crippen LogP contribution in [0.2, 0.25) is 0 Å². The smallest absolute Gasteiger partial charge is 0.220 e. The third-order valence-corrected chi connectivity index (χ3v) is 1.32. The van der Waals surface area contributed by atoms with Crippen LogP contribution in [0, 0.1) is 0 Å². The fourth-order valence-corrected chi connectivity index (χ4v) is 0.829. The number of hydrogen-bond acceptors (Lipinski definition) is 4. The van der Waals surface area contributed by atoms with Gasteiger partial charge in [-0.05, 0) is 11.8 Å². The highest BCUT2D eigenvalue weighted by Crippen LogP contribution is 2.08. The number of rotatable bonds is 0. The summed E-state index contributed by atoms with van der Waals surface area (Å²) >= 11 is 10.8. The number of aliphatic imine (C=N–C) groups is 1. The van der Waals surface area contributed by atoms with E-state index >= 15 is 0 Å². The van der Waals surface area contributed by atoms with E-state index in [1.165, 1.54) is 10.8 Å². The van der Waals surface area contributed by atoms with Crippen LogP contribution in [-0.2, 0) is 0 Å². The van der Waals surface area contributed by atoms with Crippen molar-refractivity contribution in [3.63, 3.8) is 0 Å². The Morgan fingerprint density at radius 2 is 2.33 bits per heavy atom. The van der Waals surface area contributed by atoms with E-state index in [4.69, 9.17) is 28.7 Å². The van der Waals surface area contributed by atoms with E-state index in [9.17, 15) is 0 Å². The van der Waals surface area contributed by atoms with Crippen LogP contribution in [0.3, 0.4) is 0 Å². The van der Waals surface area contributed by atoms with Gasteiger partial charge in [-0.15, -0.1) is 0 Å². The lowest BCUT2D eigenvalue weighted by Crippen LogP contribution is -2.37. The highest BCUT2D eigenvalue weighted by Gasteiger charge is 2.17. The maximum atomic E-state index is 8.81. The lowest BCUT2D eigenvalue weighted by Gasteiger charge is -2.24. The van der Waals surface area contributed by atoms with Crippen molar-refractivity contribution in [1.82, 2.24) is 8.84 Å². The Balaban J connectivity index is 2.54. The van der Waals surface area contributed by atoms with Crippen molar-refractivity contribution in [2.75, 3.05) is 6.67 Å². The van der Waals surface area contributed by atoms with E-state index in [0.717, 1.165) is 4.42 Å². The first-order valence-electron chi connectivity index (χ1n) is 2.26. The number of aliphatic hydroxyl groups excluding tert-OH is 1. The quantitative estimate of drug-likeness (QED) is 0.526. The molecule has 0 saturated heterocycles. The van der Waals surface area contributed by atoms with Gasteiger partial charge in [0.05, 0.1) is 0 Å². The van der Waals surface area contributed by atoms with Crippen LogP contribution in [0.5, 0.6) is 0 Å². The molecule has 0 spiro atoms. The van der Waals surface area contributed by atoms with Crippen molar-refractivity contribution in [3.05, 3.63) is 0 Å². The Kier molecular flexibility index (Phi) is 2.13. The van der Waals surface area contributed by atoms with Crippen molar-refractivity contribution >= 4 is 29.9 Å². The first-order chi connectivity index (χ1) is 4.20. The minimum atomic E-state index is -0.971. The van der Waals surface area contributed by atoms with E-state index < -0.39 is 6.35 Å². The van der Waals surface area contributed by atoms with Crippen molar-refractivity contribution in [1.29, 1.82) is 0 Å². The van der Waals surface area contributed by atoms with Gasteiger partial charge in [0.15, 0.2) is 0 Å². The Hall–Kier alpha value is -0.0300. The molecule has 0 aromatic carbocycles. The second-order valence-corrected chi connectivity index (χ2v) is 2.42. The fraction of sp³-hybridized carbons (Fsp3) is 0.667. The van der Waals surface area contributed by atoms with Gasteiger partial charge in [-0.25, -0.2) is 4.99 Å². The number of nitrogens with zero attached hydrogens (tertiary/aromatic N) is 3. The van der Waals surface area contributed by atoms with Crippen LogP contribution >= 0.6 is 23.6 Å². The molecule has 1 aliphatic heterocycles. The first-order valence-corrected chi connectivity index (χ1v) is 2.94. The minimum Gasteiger partial charge on any atom is -0.358 e. The molecule has 1 unspecified atom stereocenters. The summed E-state index contributed by atoms with van der Waals surface area (Å²) in [7, 11) is 0. The number of aliphatic hydroxyl groups is 1. The zero-order chi connectivity index (χ0) is 6.85. The molecule has 0 fully saturated rings. The standard InChI is InChI=1S/C3H5Cl2N3O/c4-7-1-6-3(9)8(5)2-7/h1,3,9H,2H2. The van der Waals surface area contributed by atoms with Gasteiger partial charge < -0.3 is 5.11 Å². The molecule has 0 saturated carbocycles. The van der Waals surface area contributed by atoms with Crippen LogP contribution in [0.1, 0.15) is 0 Å². The van der Waals surface area contributed by atoms with Gasteiger partial charge in [0, 0.05) is 11.8 Å². The van der Waals surface area contributed by atoms with Gasteiger partial charge in [0.1, 0.15) is 13.0 Å². The van der Waals surface area contributed by atoms with Gasteiger partial charge in [-0.3, -0.25) is 4.42 Å².